The first-order chi connectivity index (χ1) is 9.12. The number of hydrogen-bond acceptors (Lipinski definition) is 3. The molecule has 3 rings (SSSR count). The number of aliphatic hydroxyl groups excluding tert-OH is 2. The summed E-state index contributed by atoms with van der Waals surface area (Å²) in [6.45, 7) is 3.74. The molecular weight excluding hydrogens is 238 g/mol. The Morgan fingerprint density at radius 2 is 1.84 bits per heavy atom. The Labute approximate surface area is 117 Å². The lowest BCUT2D eigenvalue weighted by atomic mass is 9.70. The molecule has 110 valence electrons. The van der Waals surface area contributed by atoms with E-state index in [0.717, 1.165) is 25.3 Å². The Bertz CT molecular complexity index is 308. The minimum Gasteiger partial charge on any atom is -0.396 e. The molecule has 3 aliphatic rings. The van der Waals surface area contributed by atoms with Gasteiger partial charge in [0.15, 0.2) is 0 Å². The zero-order chi connectivity index (χ0) is 13.5. The number of nitrogens with zero attached hydrogens (tertiary/aromatic N) is 1. The highest BCUT2D eigenvalue weighted by molar-refractivity contribution is 4.99. The third kappa shape index (κ3) is 2.70. The van der Waals surface area contributed by atoms with Crippen molar-refractivity contribution in [2.24, 2.45) is 11.3 Å². The summed E-state index contributed by atoms with van der Waals surface area (Å²) in [5, 5.41) is 19.9. The van der Waals surface area contributed by atoms with Crippen LogP contribution < -0.4 is 0 Å². The van der Waals surface area contributed by atoms with Crippen molar-refractivity contribution < 1.29 is 10.2 Å². The highest BCUT2D eigenvalue weighted by atomic mass is 16.3. The van der Waals surface area contributed by atoms with Crippen molar-refractivity contribution in [1.29, 1.82) is 0 Å². The molecule has 2 saturated heterocycles. The zero-order valence-corrected chi connectivity index (χ0v) is 12.2. The highest BCUT2D eigenvalue weighted by Crippen LogP contribution is 2.44. The molecular formula is C16H29NO2. The summed E-state index contributed by atoms with van der Waals surface area (Å²) in [7, 11) is 0. The summed E-state index contributed by atoms with van der Waals surface area (Å²) in [5.74, 6) is 0.758. The molecule has 3 nitrogen and oxygen atoms in total. The molecule has 2 aliphatic heterocycles. The Kier molecular flexibility index (Phi) is 3.89. The van der Waals surface area contributed by atoms with Gasteiger partial charge in [0.05, 0.1) is 6.10 Å². The van der Waals surface area contributed by atoms with Crippen LogP contribution in [0.15, 0.2) is 0 Å². The van der Waals surface area contributed by atoms with Crippen LogP contribution in [0.25, 0.3) is 0 Å². The Morgan fingerprint density at radius 3 is 2.42 bits per heavy atom. The lowest BCUT2D eigenvalue weighted by molar-refractivity contribution is -0.0267. The van der Waals surface area contributed by atoms with Crippen molar-refractivity contribution in [1.82, 2.24) is 4.90 Å². The number of fused-ring (bicyclic) bond motifs is 2. The van der Waals surface area contributed by atoms with Gasteiger partial charge in [-0.05, 0) is 44.4 Å². The van der Waals surface area contributed by atoms with Crippen molar-refractivity contribution >= 4 is 0 Å². The predicted molar refractivity (Wildman–Crippen MR) is 75.9 cm³/mol. The first-order valence-electron chi connectivity index (χ1n) is 8.16. The van der Waals surface area contributed by atoms with E-state index in [0.29, 0.717) is 18.7 Å². The summed E-state index contributed by atoms with van der Waals surface area (Å²) in [5.41, 5.74) is 0.140. The van der Waals surface area contributed by atoms with Crippen LogP contribution in [0.1, 0.15) is 58.3 Å². The van der Waals surface area contributed by atoms with Gasteiger partial charge in [-0.1, -0.05) is 19.8 Å². The molecule has 0 spiro atoms. The molecule has 3 heteroatoms. The van der Waals surface area contributed by atoms with Gasteiger partial charge in [-0.25, -0.2) is 0 Å². The Morgan fingerprint density at radius 1 is 1.16 bits per heavy atom. The fraction of sp³-hybridized carbons (Fsp3) is 1.00. The minimum absolute atomic E-state index is 0.0795. The van der Waals surface area contributed by atoms with E-state index in [1.54, 1.807) is 0 Å². The van der Waals surface area contributed by atoms with E-state index < -0.39 is 0 Å². The first-order valence-corrected chi connectivity index (χ1v) is 8.16. The molecule has 1 saturated carbocycles. The van der Waals surface area contributed by atoms with Gasteiger partial charge in [-0.3, -0.25) is 4.90 Å². The number of piperidine rings is 1. The van der Waals surface area contributed by atoms with E-state index in [1.165, 1.54) is 38.5 Å². The smallest absolute Gasteiger partial charge is 0.0570 e. The Balaban J connectivity index is 1.69. The van der Waals surface area contributed by atoms with Gasteiger partial charge in [0.1, 0.15) is 0 Å². The van der Waals surface area contributed by atoms with Crippen LogP contribution in [0.3, 0.4) is 0 Å². The van der Waals surface area contributed by atoms with E-state index >= 15 is 0 Å². The molecule has 4 atom stereocenters. The topological polar surface area (TPSA) is 43.7 Å². The minimum atomic E-state index is -0.0795. The molecule has 3 fully saturated rings. The van der Waals surface area contributed by atoms with Crippen molar-refractivity contribution in [2.75, 3.05) is 13.2 Å². The van der Waals surface area contributed by atoms with Crippen molar-refractivity contribution in [2.45, 2.75) is 76.5 Å². The second-order valence-electron chi connectivity index (χ2n) is 7.54. The van der Waals surface area contributed by atoms with Crippen LogP contribution in [0.2, 0.25) is 0 Å². The third-order valence-corrected chi connectivity index (χ3v) is 5.90. The quantitative estimate of drug-likeness (QED) is 0.823. The number of rotatable bonds is 3. The van der Waals surface area contributed by atoms with E-state index in [1.807, 2.05) is 0 Å². The summed E-state index contributed by atoms with van der Waals surface area (Å²) < 4.78 is 0. The molecule has 0 amide bonds. The van der Waals surface area contributed by atoms with E-state index in [-0.39, 0.29) is 11.5 Å². The zero-order valence-electron chi connectivity index (χ0n) is 12.2. The monoisotopic (exact) mass is 267 g/mol. The van der Waals surface area contributed by atoms with Gasteiger partial charge in [0, 0.05) is 30.7 Å². The van der Waals surface area contributed by atoms with E-state index in [4.69, 9.17) is 0 Å². The molecule has 0 radical (unpaired) electrons. The van der Waals surface area contributed by atoms with Crippen LogP contribution in [0, 0.1) is 11.3 Å². The van der Waals surface area contributed by atoms with Gasteiger partial charge in [0.25, 0.3) is 0 Å². The molecule has 1 aliphatic carbocycles. The molecule has 4 unspecified atom stereocenters. The maximum absolute atomic E-state index is 9.96. The lowest BCUT2D eigenvalue weighted by Gasteiger charge is -2.46. The van der Waals surface area contributed by atoms with Crippen molar-refractivity contribution in [3.63, 3.8) is 0 Å². The molecule has 0 aromatic heterocycles. The van der Waals surface area contributed by atoms with Crippen LogP contribution in [0.5, 0.6) is 0 Å². The van der Waals surface area contributed by atoms with Crippen LogP contribution in [0.4, 0.5) is 0 Å². The summed E-state index contributed by atoms with van der Waals surface area (Å²) in [6.07, 6.45) is 9.29. The average Bonchev–Trinajstić information content (AvgIpc) is 2.61. The van der Waals surface area contributed by atoms with Crippen LogP contribution in [-0.2, 0) is 0 Å². The highest BCUT2D eigenvalue weighted by Gasteiger charge is 2.45. The summed E-state index contributed by atoms with van der Waals surface area (Å²) >= 11 is 0. The molecule has 0 aromatic rings. The molecule has 2 heterocycles. The van der Waals surface area contributed by atoms with E-state index in [9.17, 15) is 10.2 Å². The molecule has 0 aromatic carbocycles. The third-order valence-electron chi connectivity index (χ3n) is 5.90. The normalized spacial score (nSPS) is 47.5. The lowest BCUT2D eigenvalue weighted by Crippen LogP contribution is -2.51. The second-order valence-corrected chi connectivity index (χ2v) is 7.54. The average molecular weight is 267 g/mol. The fourth-order valence-electron chi connectivity index (χ4n) is 5.00. The molecule has 19 heavy (non-hydrogen) atoms. The van der Waals surface area contributed by atoms with Gasteiger partial charge < -0.3 is 10.2 Å². The van der Waals surface area contributed by atoms with Crippen molar-refractivity contribution in [3.8, 4) is 0 Å². The number of aliphatic hydroxyl groups is 2. The van der Waals surface area contributed by atoms with E-state index in [2.05, 4.69) is 11.8 Å². The maximum atomic E-state index is 9.96. The summed E-state index contributed by atoms with van der Waals surface area (Å²) in [4.78, 5) is 2.64. The van der Waals surface area contributed by atoms with Gasteiger partial charge in [0.2, 0.25) is 0 Å². The fourth-order valence-corrected chi connectivity index (χ4v) is 5.00. The van der Waals surface area contributed by atoms with Crippen molar-refractivity contribution in [3.05, 3.63) is 0 Å². The second kappa shape index (κ2) is 5.34. The van der Waals surface area contributed by atoms with Gasteiger partial charge in [-0.2, -0.15) is 0 Å². The maximum Gasteiger partial charge on any atom is 0.0570 e. The molecule has 2 N–H and O–H groups in total. The standard InChI is InChI=1S/C16H29NO2/c1-12-3-2-6-16(9-12,11-18)10-17-13-4-5-14(17)8-15(19)7-13/h12-15,18-19H,2-11H2,1H3. The SMILES string of the molecule is CC1CCCC(CO)(CN2C3CCC2CC(O)C3)C1. The predicted octanol–water partition coefficient (Wildman–Crippen LogP) is 2.16. The van der Waals surface area contributed by atoms with Crippen LogP contribution in [-0.4, -0.2) is 46.5 Å². The first kappa shape index (κ1) is 13.8. The van der Waals surface area contributed by atoms with Gasteiger partial charge in [-0.15, -0.1) is 0 Å². The van der Waals surface area contributed by atoms with Crippen LogP contribution >= 0.6 is 0 Å². The summed E-state index contributed by atoms with van der Waals surface area (Å²) in [6, 6.07) is 1.16. The number of hydrogen-bond donors (Lipinski definition) is 2. The molecule has 2 bridgehead atoms. The van der Waals surface area contributed by atoms with Gasteiger partial charge >= 0.3 is 0 Å². The largest absolute Gasteiger partial charge is 0.396 e. The Hall–Kier alpha value is -0.120.